The van der Waals surface area contributed by atoms with Crippen molar-refractivity contribution in [2.75, 3.05) is 25.6 Å². The summed E-state index contributed by atoms with van der Waals surface area (Å²) >= 11 is 0. The summed E-state index contributed by atoms with van der Waals surface area (Å²) in [5.74, 6) is 0.757. The molecule has 0 saturated heterocycles. The van der Waals surface area contributed by atoms with Gasteiger partial charge in [-0.15, -0.1) is 0 Å². The lowest BCUT2D eigenvalue weighted by atomic mass is 10.1. The molecule has 2 aromatic rings. The summed E-state index contributed by atoms with van der Waals surface area (Å²) in [5, 5.41) is 13.3. The highest BCUT2D eigenvalue weighted by Crippen LogP contribution is 2.19. The molecule has 0 aliphatic carbocycles. The second-order valence-electron chi connectivity index (χ2n) is 4.31. The van der Waals surface area contributed by atoms with Gasteiger partial charge in [-0.2, -0.15) is 5.26 Å². The zero-order chi connectivity index (χ0) is 13.5. The standard InChI is InChI=1S/C15H17N3O/c1-19-9-5-4-8-17-15-10-12(11-16)13-6-2-3-7-14(13)18-15/h2-3,6-7,10H,4-5,8-9H2,1H3,(H,17,18). The van der Waals surface area contributed by atoms with Crippen molar-refractivity contribution in [1.82, 2.24) is 4.98 Å². The first kappa shape index (κ1) is 13.3. The van der Waals surface area contributed by atoms with Gasteiger partial charge in [0.25, 0.3) is 0 Å². The van der Waals surface area contributed by atoms with Crippen molar-refractivity contribution in [3.63, 3.8) is 0 Å². The molecule has 0 radical (unpaired) electrons. The quantitative estimate of drug-likeness (QED) is 0.806. The number of nitrogens with one attached hydrogen (secondary N) is 1. The number of nitriles is 1. The van der Waals surface area contributed by atoms with Crippen LogP contribution in [-0.2, 0) is 4.74 Å². The van der Waals surface area contributed by atoms with E-state index in [2.05, 4.69) is 16.4 Å². The van der Waals surface area contributed by atoms with E-state index in [1.807, 2.05) is 24.3 Å². The molecule has 1 N–H and O–H groups in total. The fourth-order valence-corrected chi connectivity index (χ4v) is 1.95. The molecular formula is C15H17N3O. The van der Waals surface area contributed by atoms with Crippen LogP contribution in [0.1, 0.15) is 18.4 Å². The van der Waals surface area contributed by atoms with Crippen molar-refractivity contribution in [1.29, 1.82) is 5.26 Å². The fraction of sp³-hybridized carbons (Fsp3) is 0.333. The maximum Gasteiger partial charge on any atom is 0.127 e. The molecule has 0 unspecified atom stereocenters. The number of benzene rings is 1. The van der Waals surface area contributed by atoms with E-state index in [1.54, 1.807) is 13.2 Å². The van der Waals surface area contributed by atoms with Crippen LogP contribution in [-0.4, -0.2) is 25.2 Å². The Balaban J connectivity index is 2.10. The van der Waals surface area contributed by atoms with E-state index in [1.165, 1.54) is 0 Å². The van der Waals surface area contributed by atoms with Crippen LogP contribution in [0.2, 0.25) is 0 Å². The Morgan fingerprint density at radius 2 is 2.16 bits per heavy atom. The lowest BCUT2D eigenvalue weighted by molar-refractivity contribution is 0.194. The van der Waals surface area contributed by atoms with Gasteiger partial charge in [0.1, 0.15) is 5.82 Å². The van der Waals surface area contributed by atoms with Crippen LogP contribution in [0.5, 0.6) is 0 Å². The maximum atomic E-state index is 9.18. The Bertz CT molecular complexity index is 589. The number of fused-ring (bicyclic) bond motifs is 1. The van der Waals surface area contributed by atoms with E-state index in [-0.39, 0.29) is 0 Å². The van der Waals surface area contributed by atoms with Gasteiger partial charge in [-0.1, -0.05) is 18.2 Å². The average Bonchev–Trinajstić information content (AvgIpc) is 2.46. The molecule has 4 nitrogen and oxygen atoms in total. The van der Waals surface area contributed by atoms with Gasteiger partial charge in [0.15, 0.2) is 0 Å². The van der Waals surface area contributed by atoms with Gasteiger partial charge >= 0.3 is 0 Å². The summed E-state index contributed by atoms with van der Waals surface area (Å²) in [5.41, 5.74) is 1.51. The molecule has 4 heteroatoms. The van der Waals surface area contributed by atoms with Crippen LogP contribution in [0, 0.1) is 11.3 Å². The predicted octanol–water partition coefficient (Wildman–Crippen LogP) is 2.94. The first-order chi connectivity index (χ1) is 9.35. The number of para-hydroxylation sites is 1. The number of hydrogen-bond donors (Lipinski definition) is 1. The molecule has 1 aromatic carbocycles. The lowest BCUT2D eigenvalue weighted by Crippen LogP contribution is -2.05. The number of ether oxygens (including phenoxy) is 1. The Morgan fingerprint density at radius 1 is 1.32 bits per heavy atom. The van der Waals surface area contributed by atoms with E-state index >= 15 is 0 Å². The van der Waals surface area contributed by atoms with Gasteiger partial charge in [0.05, 0.1) is 17.1 Å². The Morgan fingerprint density at radius 3 is 2.95 bits per heavy atom. The van der Waals surface area contributed by atoms with Gasteiger partial charge in [-0.05, 0) is 25.0 Å². The molecule has 0 amide bonds. The normalized spacial score (nSPS) is 10.3. The van der Waals surface area contributed by atoms with Crippen molar-refractivity contribution < 1.29 is 4.74 Å². The summed E-state index contributed by atoms with van der Waals surface area (Å²) in [4.78, 5) is 4.51. The van der Waals surface area contributed by atoms with Crippen LogP contribution >= 0.6 is 0 Å². The Hall–Kier alpha value is -2.12. The first-order valence-electron chi connectivity index (χ1n) is 6.38. The van der Waals surface area contributed by atoms with E-state index in [0.717, 1.165) is 42.7 Å². The van der Waals surface area contributed by atoms with E-state index in [9.17, 15) is 5.26 Å². The van der Waals surface area contributed by atoms with E-state index in [0.29, 0.717) is 5.56 Å². The lowest BCUT2D eigenvalue weighted by Gasteiger charge is -2.07. The average molecular weight is 255 g/mol. The Kier molecular flexibility index (Phi) is 4.71. The van der Waals surface area contributed by atoms with Crippen molar-refractivity contribution in [3.05, 3.63) is 35.9 Å². The second-order valence-corrected chi connectivity index (χ2v) is 4.31. The van der Waals surface area contributed by atoms with Crippen molar-refractivity contribution in [2.24, 2.45) is 0 Å². The zero-order valence-electron chi connectivity index (χ0n) is 11.0. The molecule has 19 heavy (non-hydrogen) atoms. The molecule has 0 fully saturated rings. The van der Waals surface area contributed by atoms with Gasteiger partial charge in [0.2, 0.25) is 0 Å². The summed E-state index contributed by atoms with van der Waals surface area (Å²) < 4.78 is 5.00. The molecular weight excluding hydrogens is 238 g/mol. The monoisotopic (exact) mass is 255 g/mol. The summed E-state index contributed by atoms with van der Waals surface area (Å²) in [6.45, 7) is 1.61. The highest BCUT2D eigenvalue weighted by Gasteiger charge is 2.04. The molecule has 0 aliphatic rings. The zero-order valence-corrected chi connectivity index (χ0v) is 11.0. The third kappa shape index (κ3) is 3.43. The number of pyridine rings is 1. The molecule has 1 heterocycles. The third-order valence-corrected chi connectivity index (χ3v) is 2.92. The van der Waals surface area contributed by atoms with Crippen LogP contribution in [0.15, 0.2) is 30.3 Å². The molecule has 0 bridgehead atoms. The smallest absolute Gasteiger partial charge is 0.127 e. The summed E-state index contributed by atoms with van der Waals surface area (Å²) in [6.07, 6.45) is 2.03. The third-order valence-electron chi connectivity index (χ3n) is 2.92. The van der Waals surface area contributed by atoms with Crippen LogP contribution in [0.4, 0.5) is 5.82 Å². The SMILES string of the molecule is COCCCCNc1cc(C#N)c2ccccc2n1. The number of rotatable bonds is 6. The Labute approximate surface area is 113 Å². The molecule has 0 saturated carbocycles. The molecule has 2 rings (SSSR count). The molecule has 0 aliphatic heterocycles. The second kappa shape index (κ2) is 6.72. The number of unbranched alkanes of at least 4 members (excludes halogenated alkanes) is 1. The van der Waals surface area contributed by atoms with Crippen molar-refractivity contribution >= 4 is 16.7 Å². The molecule has 0 spiro atoms. The number of methoxy groups -OCH3 is 1. The van der Waals surface area contributed by atoms with Gasteiger partial charge in [-0.3, -0.25) is 0 Å². The minimum absolute atomic E-state index is 0.657. The van der Waals surface area contributed by atoms with Crippen LogP contribution in [0.25, 0.3) is 10.9 Å². The largest absolute Gasteiger partial charge is 0.385 e. The first-order valence-corrected chi connectivity index (χ1v) is 6.38. The number of anilines is 1. The van der Waals surface area contributed by atoms with E-state index < -0.39 is 0 Å². The minimum atomic E-state index is 0.657. The molecule has 0 atom stereocenters. The number of aromatic nitrogens is 1. The topological polar surface area (TPSA) is 57.9 Å². The van der Waals surface area contributed by atoms with Gasteiger partial charge < -0.3 is 10.1 Å². The molecule has 98 valence electrons. The number of hydrogen-bond acceptors (Lipinski definition) is 4. The maximum absolute atomic E-state index is 9.18. The predicted molar refractivity (Wildman–Crippen MR) is 76.1 cm³/mol. The summed E-state index contributed by atoms with van der Waals surface area (Å²) in [7, 11) is 1.71. The van der Waals surface area contributed by atoms with Gasteiger partial charge in [-0.25, -0.2) is 4.98 Å². The van der Waals surface area contributed by atoms with Crippen molar-refractivity contribution in [2.45, 2.75) is 12.8 Å². The summed E-state index contributed by atoms with van der Waals surface area (Å²) in [6, 6.07) is 11.7. The highest BCUT2D eigenvalue weighted by atomic mass is 16.5. The van der Waals surface area contributed by atoms with Crippen LogP contribution < -0.4 is 5.32 Å². The number of nitrogens with zero attached hydrogens (tertiary/aromatic N) is 2. The van der Waals surface area contributed by atoms with E-state index in [4.69, 9.17) is 4.74 Å². The van der Waals surface area contributed by atoms with Crippen LogP contribution in [0.3, 0.4) is 0 Å². The molecule has 1 aromatic heterocycles. The van der Waals surface area contributed by atoms with Gasteiger partial charge in [0, 0.05) is 25.6 Å². The highest BCUT2D eigenvalue weighted by molar-refractivity contribution is 5.86. The van der Waals surface area contributed by atoms with Crippen molar-refractivity contribution in [3.8, 4) is 6.07 Å². The minimum Gasteiger partial charge on any atom is -0.385 e. The fourth-order valence-electron chi connectivity index (χ4n) is 1.95.